The average molecular weight is 328 g/mol. The number of guanidine groups is 1. The number of aryl methyl sites for hydroxylation is 1. The fourth-order valence-electron chi connectivity index (χ4n) is 3.29. The number of aliphatic imine (C=N–C) groups is 1. The van der Waals surface area contributed by atoms with Crippen LogP contribution in [0.5, 0.6) is 0 Å². The maximum absolute atomic E-state index is 5.64. The number of nitrogens with zero attached hydrogens (tertiary/aromatic N) is 1. The molecule has 5 nitrogen and oxygen atoms in total. The van der Waals surface area contributed by atoms with E-state index in [-0.39, 0.29) is 6.10 Å². The second-order valence-corrected chi connectivity index (χ2v) is 6.31. The number of ether oxygens (including phenoxy) is 1. The zero-order chi connectivity index (χ0) is 16.8. The molecule has 1 aliphatic rings. The Morgan fingerprint density at radius 2 is 2.21 bits per heavy atom. The Labute approximate surface area is 143 Å². The first-order valence-corrected chi connectivity index (χ1v) is 8.98. The van der Waals surface area contributed by atoms with Crippen molar-refractivity contribution in [2.75, 3.05) is 26.2 Å². The lowest BCUT2D eigenvalue weighted by atomic mass is 10.1. The molecular weight excluding hydrogens is 300 g/mol. The van der Waals surface area contributed by atoms with Crippen LogP contribution >= 0.6 is 0 Å². The van der Waals surface area contributed by atoms with Gasteiger partial charge in [-0.2, -0.15) is 0 Å². The van der Waals surface area contributed by atoms with E-state index >= 15 is 0 Å². The molecule has 3 rings (SSSR count). The van der Waals surface area contributed by atoms with Crippen molar-refractivity contribution < 1.29 is 4.74 Å². The second kappa shape index (κ2) is 8.20. The fraction of sp³-hybridized carbons (Fsp3) is 0.526. The van der Waals surface area contributed by atoms with E-state index in [1.165, 1.54) is 22.2 Å². The van der Waals surface area contributed by atoms with E-state index in [2.05, 4.69) is 58.7 Å². The van der Waals surface area contributed by atoms with Gasteiger partial charge in [-0.15, -0.1) is 0 Å². The molecule has 1 atom stereocenters. The van der Waals surface area contributed by atoms with Gasteiger partial charge in [0.15, 0.2) is 5.96 Å². The van der Waals surface area contributed by atoms with E-state index < -0.39 is 0 Å². The number of aromatic nitrogens is 1. The largest absolute Gasteiger partial charge is 0.376 e. The number of benzene rings is 1. The van der Waals surface area contributed by atoms with Crippen molar-refractivity contribution in [3.8, 4) is 0 Å². The van der Waals surface area contributed by atoms with Gasteiger partial charge in [0.05, 0.1) is 12.6 Å². The SMILES string of the molecule is CCNC(=NCC1CCCO1)NCCc1c(C)[nH]c2ccccc12. The second-order valence-electron chi connectivity index (χ2n) is 6.31. The molecule has 1 unspecified atom stereocenters. The lowest BCUT2D eigenvalue weighted by Gasteiger charge is -2.13. The van der Waals surface area contributed by atoms with Crippen molar-refractivity contribution in [1.82, 2.24) is 15.6 Å². The molecule has 0 spiro atoms. The van der Waals surface area contributed by atoms with Crippen LogP contribution in [0, 0.1) is 6.92 Å². The number of aromatic amines is 1. The van der Waals surface area contributed by atoms with Crippen molar-refractivity contribution in [3.05, 3.63) is 35.5 Å². The number of hydrogen-bond acceptors (Lipinski definition) is 2. The van der Waals surface area contributed by atoms with Gasteiger partial charge in [0, 0.05) is 36.3 Å². The third-order valence-corrected chi connectivity index (χ3v) is 4.52. The monoisotopic (exact) mass is 328 g/mol. The van der Waals surface area contributed by atoms with E-state index in [0.29, 0.717) is 0 Å². The standard InChI is InChI=1S/C19H28N4O/c1-3-20-19(22-13-15-7-6-12-24-15)21-11-10-16-14(2)23-18-9-5-4-8-17(16)18/h4-5,8-9,15,23H,3,6-7,10-13H2,1-2H3,(H2,20,21,22). The maximum atomic E-state index is 5.64. The van der Waals surface area contributed by atoms with Gasteiger partial charge >= 0.3 is 0 Å². The minimum absolute atomic E-state index is 0.288. The van der Waals surface area contributed by atoms with Crippen LogP contribution < -0.4 is 10.6 Å². The Morgan fingerprint density at radius 3 is 3.00 bits per heavy atom. The summed E-state index contributed by atoms with van der Waals surface area (Å²) in [6, 6.07) is 8.48. The molecule has 0 amide bonds. The third kappa shape index (κ3) is 4.09. The molecule has 0 bridgehead atoms. The van der Waals surface area contributed by atoms with Crippen molar-refractivity contribution in [2.24, 2.45) is 4.99 Å². The Kier molecular flexibility index (Phi) is 5.75. The zero-order valence-electron chi connectivity index (χ0n) is 14.7. The number of rotatable bonds is 6. The Bertz CT molecular complexity index is 686. The number of hydrogen-bond donors (Lipinski definition) is 3. The summed E-state index contributed by atoms with van der Waals surface area (Å²) in [5.41, 5.74) is 3.84. The molecule has 1 aliphatic heterocycles. The molecule has 0 saturated carbocycles. The first kappa shape index (κ1) is 16.8. The summed E-state index contributed by atoms with van der Waals surface area (Å²) in [6.07, 6.45) is 3.54. The molecule has 1 aromatic carbocycles. The summed E-state index contributed by atoms with van der Waals surface area (Å²) in [5, 5.41) is 8.08. The molecule has 1 saturated heterocycles. The maximum Gasteiger partial charge on any atom is 0.191 e. The molecule has 24 heavy (non-hydrogen) atoms. The first-order valence-electron chi connectivity index (χ1n) is 8.98. The van der Waals surface area contributed by atoms with Crippen LogP contribution in [0.4, 0.5) is 0 Å². The minimum Gasteiger partial charge on any atom is -0.376 e. The van der Waals surface area contributed by atoms with Crippen LogP contribution in [0.15, 0.2) is 29.3 Å². The van der Waals surface area contributed by atoms with E-state index in [1.807, 2.05) is 0 Å². The van der Waals surface area contributed by atoms with Gasteiger partial charge in [-0.1, -0.05) is 18.2 Å². The van der Waals surface area contributed by atoms with E-state index in [0.717, 1.165) is 51.5 Å². The van der Waals surface area contributed by atoms with Crippen LogP contribution in [0.2, 0.25) is 0 Å². The van der Waals surface area contributed by atoms with Crippen LogP contribution in [0.25, 0.3) is 10.9 Å². The normalized spacial score (nSPS) is 18.2. The van der Waals surface area contributed by atoms with Crippen LogP contribution in [0.1, 0.15) is 31.0 Å². The highest BCUT2D eigenvalue weighted by Crippen LogP contribution is 2.21. The van der Waals surface area contributed by atoms with Crippen molar-refractivity contribution >= 4 is 16.9 Å². The highest BCUT2D eigenvalue weighted by molar-refractivity contribution is 5.84. The highest BCUT2D eigenvalue weighted by atomic mass is 16.5. The fourth-order valence-corrected chi connectivity index (χ4v) is 3.29. The van der Waals surface area contributed by atoms with Crippen molar-refractivity contribution in [1.29, 1.82) is 0 Å². The van der Waals surface area contributed by atoms with Gasteiger partial charge in [-0.25, -0.2) is 0 Å². The number of nitrogens with one attached hydrogen (secondary N) is 3. The Morgan fingerprint density at radius 1 is 1.33 bits per heavy atom. The topological polar surface area (TPSA) is 61.4 Å². The average Bonchev–Trinajstić information content (AvgIpc) is 3.20. The third-order valence-electron chi connectivity index (χ3n) is 4.52. The molecule has 0 aliphatic carbocycles. The lowest BCUT2D eigenvalue weighted by molar-refractivity contribution is 0.117. The molecule has 2 heterocycles. The molecular formula is C19H28N4O. The van der Waals surface area contributed by atoms with E-state index in [9.17, 15) is 0 Å². The van der Waals surface area contributed by atoms with Gasteiger partial charge in [0.1, 0.15) is 0 Å². The number of fused-ring (bicyclic) bond motifs is 1. The highest BCUT2D eigenvalue weighted by Gasteiger charge is 2.15. The van der Waals surface area contributed by atoms with Gasteiger partial charge < -0.3 is 20.4 Å². The molecule has 2 aromatic rings. The quantitative estimate of drug-likeness (QED) is 0.564. The van der Waals surface area contributed by atoms with Crippen molar-refractivity contribution in [2.45, 2.75) is 39.2 Å². The van der Waals surface area contributed by atoms with Crippen LogP contribution in [-0.4, -0.2) is 43.3 Å². The minimum atomic E-state index is 0.288. The smallest absolute Gasteiger partial charge is 0.191 e. The van der Waals surface area contributed by atoms with E-state index in [1.54, 1.807) is 0 Å². The summed E-state index contributed by atoms with van der Waals surface area (Å²) in [5.74, 6) is 0.880. The number of para-hydroxylation sites is 1. The van der Waals surface area contributed by atoms with E-state index in [4.69, 9.17) is 4.74 Å². The summed E-state index contributed by atoms with van der Waals surface area (Å²) in [4.78, 5) is 8.12. The molecule has 1 aromatic heterocycles. The van der Waals surface area contributed by atoms with Crippen LogP contribution in [-0.2, 0) is 11.2 Å². The zero-order valence-corrected chi connectivity index (χ0v) is 14.7. The summed E-state index contributed by atoms with van der Waals surface area (Å²) >= 11 is 0. The summed E-state index contributed by atoms with van der Waals surface area (Å²) in [7, 11) is 0. The molecule has 3 N–H and O–H groups in total. The molecule has 130 valence electrons. The molecule has 5 heteroatoms. The van der Waals surface area contributed by atoms with Gasteiger partial charge in [-0.3, -0.25) is 4.99 Å². The predicted molar refractivity (Wildman–Crippen MR) is 99.7 cm³/mol. The van der Waals surface area contributed by atoms with Gasteiger partial charge in [0.25, 0.3) is 0 Å². The lowest BCUT2D eigenvalue weighted by Crippen LogP contribution is -2.39. The van der Waals surface area contributed by atoms with Crippen molar-refractivity contribution in [3.63, 3.8) is 0 Å². The van der Waals surface area contributed by atoms with Gasteiger partial charge in [0.2, 0.25) is 0 Å². The molecule has 0 radical (unpaired) electrons. The molecule has 1 fully saturated rings. The predicted octanol–water partition coefficient (Wildman–Crippen LogP) is 2.75. The Hall–Kier alpha value is -2.01. The first-order chi connectivity index (χ1) is 11.8. The number of H-pyrrole nitrogens is 1. The van der Waals surface area contributed by atoms with Crippen LogP contribution in [0.3, 0.4) is 0 Å². The Balaban J connectivity index is 1.57. The van der Waals surface area contributed by atoms with Gasteiger partial charge in [-0.05, 0) is 44.7 Å². The summed E-state index contributed by atoms with van der Waals surface area (Å²) in [6.45, 7) is 7.58. The summed E-state index contributed by atoms with van der Waals surface area (Å²) < 4.78 is 5.64.